The van der Waals surface area contributed by atoms with Crippen molar-refractivity contribution in [3.63, 3.8) is 0 Å². The highest BCUT2D eigenvalue weighted by Crippen LogP contribution is 2.53. The van der Waals surface area contributed by atoms with E-state index in [4.69, 9.17) is 0 Å². The minimum absolute atomic E-state index is 0.0702. The van der Waals surface area contributed by atoms with E-state index in [1.54, 1.807) is 12.3 Å². The Morgan fingerprint density at radius 3 is 2.77 bits per heavy atom. The zero-order valence-corrected chi connectivity index (χ0v) is 14.2. The number of carbonyl (C=O) groups excluding carboxylic acids is 1. The average Bonchev–Trinajstić information content (AvgIpc) is 3.10. The first-order chi connectivity index (χ1) is 12.5. The smallest absolute Gasteiger partial charge is 0.432 e. The summed E-state index contributed by atoms with van der Waals surface area (Å²) in [5.41, 5.74) is 1.76. The van der Waals surface area contributed by atoms with E-state index < -0.39 is 11.5 Å². The van der Waals surface area contributed by atoms with Crippen LogP contribution in [-0.4, -0.2) is 26.8 Å². The Kier molecular flexibility index (Phi) is 3.55. The summed E-state index contributed by atoms with van der Waals surface area (Å²) in [6.45, 7) is 1.86. The summed E-state index contributed by atoms with van der Waals surface area (Å²) in [5.74, 6) is -0.553. The molecule has 130 valence electrons. The van der Waals surface area contributed by atoms with Crippen molar-refractivity contribution < 1.29 is 14.7 Å². The van der Waals surface area contributed by atoms with Crippen LogP contribution in [-0.2, 0) is 16.6 Å². The second-order valence-corrected chi connectivity index (χ2v) is 6.93. The lowest BCUT2D eigenvalue weighted by Crippen LogP contribution is -2.48. The number of benzene rings is 1. The third kappa shape index (κ3) is 2.07. The summed E-state index contributed by atoms with van der Waals surface area (Å²) >= 11 is 0. The van der Waals surface area contributed by atoms with Gasteiger partial charge in [-0.3, -0.25) is 4.79 Å². The molecule has 1 heterocycles. The first kappa shape index (κ1) is 16.3. The number of nitrogens with zero attached hydrogens (tertiary/aromatic N) is 3. The van der Waals surface area contributed by atoms with E-state index in [2.05, 4.69) is 5.10 Å². The molecule has 1 aromatic heterocycles. The van der Waals surface area contributed by atoms with E-state index >= 15 is 0 Å². The van der Waals surface area contributed by atoms with Crippen LogP contribution in [0, 0.1) is 23.2 Å². The molecule has 6 heteroatoms. The van der Waals surface area contributed by atoms with Crippen molar-refractivity contribution in [3.05, 3.63) is 65.0 Å². The third-order valence-electron chi connectivity index (χ3n) is 5.71. The number of fused-ring (bicyclic) bond motifs is 3. The molecule has 1 aromatic carbocycles. The first-order valence-electron chi connectivity index (χ1n) is 8.54. The Morgan fingerprint density at radius 1 is 1.38 bits per heavy atom. The minimum Gasteiger partial charge on any atom is -0.463 e. The molecule has 0 unspecified atom stereocenters. The highest BCUT2D eigenvalue weighted by molar-refractivity contribution is 6.02. The average molecular weight is 347 g/mol. The van der Waals surface area contributed by atoms with Crippen LogP contribution < -0.4 is 0 Å². The van der Waals surface area contributed by atoms with Gasteiger partial charge in [0.05, 0.1) is 16.7 Å². The summed E-state index contributed by atoms with van der Waals surface area (Å²) in [4.78, 5) is 24.0. The fraction of sp³-hybridized carbons (Fsp3) is 0.300. The predicted octanol–water partition coefficient (Wildman–Crippen LogP) is 2.93. The molecule has 4 rings (SSSR count). The SMILES string of the molecule is C[C@@H]1C(=O)C(C#N)=C[C@]2(c3ccccc3)c3nn(C(=O)O)cc3CC[C@@H]12. The molecule has 1 N–H and O–H groups in total. The van der Waals surface area contributed by atoms with E-state index in [0.29, 0.717) is 12.1 Å². The van der Waals surface area contributed by atoms with Gasteiger partial charge in [-0.1, -0.05) is 37.3 Å². The normalized spacial score (nSPS) is 27.1. The molecule has 0 saturated heterocycles. The number of hydrogen-bond acceptors (Lipinski definition) is 4. The highest BCUT2D eigenvalue weighted by Gasteiger charge is 2.53. The number of hydrogen-bond donors (Lipinski definition) is 1. The molecule has 0 fully saturated rings. The van der Waals surface area contributed by atoms with Crippen LogP contribution in [0.4, 0.5) is 4.79 Å². The minimum atomic E-state index is -1.15. The zero-order valence-electron chi connectivity index (χ0n) is 14.2. The van der Waals surface area contributed by atoms with Crippen molar-refractivity contribution >= 4 is 11.9 Å². The van der Waals surface area contributed by atoms with E-state index in [1.807, 2.05) is 43.3 Å². The molecular formula is C20H17N3O3. The maximum Gasteiger partial charge on any atom is 0.432 e. The fourth-order valence-electron chi connectivity index (χ4n) is 4.54. The summed E-state index contributed by atoms with van der Waals surface area (Å²) in [7, 11) is 0. The van der Waals surface area contributed by atoms with E-state index in [0.717, 1.165) is 22.2 Å². The molecule has 0 radical (unpaired) electrons. The molecule has 0 amide bonds. The van der Waals surface area contributed by atoms with E-state index in [9.17, 15) is 20.0 Å². The topological polar surface area (TPSA) is 96.0 Å². The van der Waals surface area contributed by atoms with Crippen LogP contribution in [0.15, 0.2) is 48.2 Å². The van der Waals surface area contributed by atoms with Crippen molar-refractivity contribution in [3.8, 4) is 6.07 Å². The Balaban J connectivity index is 2.07. The van der Waals surface area contributed by atoms with Crippen molar-refractivity contribution in [2.24, 2.45) is 11.8 Å². The van der Waals surface area contributed by atoms with Crippen molar-refractivity contribution in [2.45, 2.75) is 25.2 Å². The highest BCUT2D eigenvalue weighted by atomic mass is 16.4. The number of allylic oxidation sites excluding steroid dienone is 2. The number of Topliss-reactive ketones (excluding diaryl/α,β-unsaturated/α-hetero) is 1. The van der Waals surface area contributed by atoms with E-state index in [1.165, 1.54) is 0 Å². The molecule has 2 aromatic rings. The second-order valence-electron chi connectivity index (χ2n) is 6.93. The summed E-state index contributed by atoms with van der Waals surface area (Å²) in [6, 6.07) is 11.7. The number of nitriles is 1. The predicted molar refractivity (Wildman–Crippen MR) is 92.5 cm³/mol. The van der Waals surface area contributed by atoms with Gasteiger partial charge in [0.15, 0.2) is 5.78 Å². The van der Waals surface area contributed by atoms with Gasteiger partial charge in [-0.05, 0) is 36.0 Å². The van der Waals surface area contributed by atoms with Gasteiger partial charge in [0.1, 0.15) is 6.07 Å². The molecule has 0 saturated carbocycles. The van der Waals surface area contributed by atoms with Crippen LogP contribution >= 0.6 is 0 Å². The third-order valence-corrected chi connectivity index (χ3v) is 5.71. The van der Waals surface area contributed by atoms with Crippen LogP contribution in [0.5, 0.6) is 0 Å². The lowest BCUT2D eigenvalue weighted by atomic mass is 9.54. The molecular weight excluding hydrogens is 330 g/mol. The molecule has 0 bridgehead atoms. The number of ketones is 1. The monoisotopic (exact) mass is 347 g/mol. The molecule has 3 atom stereocenters. The Bertz CT molecular complexity index is 983. The lowest BCUT2D eigenvalue weighted by Gasteiger charge is -2.46. The van der Waals surface area contributed by atoms with Crippen molar-refractivity contribution in [1.29, 1.82) is 5.26 Å². The number of aromatic nitrogens is 2. The number of carbonyl (C=O) groups is 2. The molecule has 0 spiro atoms. The number of carboxylic acid groups (broad SMARTS) is 1. The maximum atomic E-state index is 12.6. The fourth-order valence-corrected chi connectivity index (χ4v) is 4.54. The second kappa shape index (κ2) is 5.67. The van der Waals surface area contributed by atoms with Gasteiger partial charge < -0.3 is 5.11 Å². The van der Waals surface area contributed by atoms with Gasteiger partial charge in [-0.25, -0.2) is 4.79 Å². The van der Waals surface area contributed by atoms with Gasteiger partial charge in [0, 0.05) is 12.1 Å². The van der Waals surface area contributed by atoms with Crippen LogP contribution in [0.3, 0.4) is 0 Å². The maximum absolute atomic E-state index is 12.6. The van der Waals surface area contributed by atoms with Gasteiger partial charge in [-0.2, -0.15) is 15.0 Å². The van der Waals surface area contributed by atoms with Crippen LogP contribution in [0.2, 0.25) is 0 Å². The Hall–Kier alpha value is -3.20. The number of rotatable bonds is 1. The first-order valence-corrected chi connectivity index (χ1v) is 8.54. The molecule has 2 aliphatic rings. The summed E-state index contributed by atoms with van der Waals surface area (Å²) in [5, 5.41) is 23.2. The van der Waals surface area contributed by atoms with Crippen molar-refractivity contribution in [2.75, 3.05) is 0 Å². The standard InChI is InChI=1S/C20H17N3O3/c1-12-16-8-7-13-11-23(19(25)26)22-18(13)20(16,9-14(10-21)17(12)24)15-5-3-2-4-6-15/h2-6,9,11-12,16H,7-8H2,1H3,(H,25,26)/t12-,16-,20+/m0/s1. The van der Waals surface area contributed by atoms with E-state index in [-0.39, 0.29) is 23.2 Å². The summed E-state index contributed by atoms with van der Waals surface area (Å²) in [6.07, 6.45) is 3.50. The van der Waals surface area contributed by atoms with Gasteiger partial charge in [0.25, 0.3) is 0 Å². The molecule has 26 heavy (non-hydrogen) atoms. The molecule has 0 aliphatic heterocycles. The van der Waals surface area contributed by atoms with Crippen molar-refractivity contribution in [1.82, 2.24) is 9.78 Å². The largest absolute Gasteiger partial charge is 0.463 e. The zero-order chi connectivity index (χ0) is 18.5. The van der Waals surface area contributed by atoms with Gasteiger partial charge in [-0.15, -0.1) is 0 Å². The van der Waals surface area contributed by atoms with Crippen LogP contribution in [0.25, 0.3) is 0 Å². The van der Waals surface area contributed by atoms with Gasteiger partial charge in [0.2, 0.25) is 0 Å². The van der Waals surface area contributed by atoms with Crippen LogP contribution in [0.1, 0.15) is 30.2 Å². The molecule has 2 aliphatic carbocycles. The van der Waals surface area contributed by atoms with Gasteiger partial charge >= 0.3 is 6.09 Å². The Labute approximate surface area is 150 Å². The quantitative estimate of drug-likeness (QED) is 0.855. The number of aryl methyl sites for hydroxylation is 1. The molecule has 6 nitrogen and oxygen atoms in total. The lowest BCUT2D eigenvalue weighted by molar-refractivity contribution is -0.121. The summed E-state index contributed by atoms with van der Waals surface area (Å²) < 4.78 is 0.929. The Morgan fingerprint density at radius 2 is 2.12 bits per heavy atom.